The second kappa shape index (κ2) is 2.60. The van der Waals surface area contributed by atoms with Crippen molar-refractivity contribution in [3.63, 3.8) is 0 Å². The predicted octanol–water partition coefficient (Wildman–Crippen LogP) is 2.01. The lowest BCUT2D eigenvalue weighted by molar-refractivity contribution is 0.881. The molecule has 13 heavy (non-hydrogen) atoms. The Kier molecular flexibility index (Phi) is 1.43. The highest BCUT2D eigenvalue weighted by molar-refractivity contribution is 7.98. The average molecular weight is 189 g/mol. The van der Waals surface area contributed by atoms with Gasteiger partial charge >= 0.3 is 0 Å². The lowest BCUT2D eigenvalue weighted by Crippen LogP contribution is -2.02. The third-order valence-electron chi connectivity index (χ3n) is 2.10. The van der Waals surface area contributed by atoms with Crippen LogP contribution in [-0.4, -0.2) is 14.8 Å². The molecule has 2 aromatic rings. The molecule has 0 spiro atoms. The summed E-state index contributed by atoms with van der Waals surface area (Å²) in [5, 5.41) is 8.00. The fraction of sp³-hybridized carbons (Fsp3) is 0.111. The van der Waals surface area contributed by atoms with Crippen molar-refractivity contribution in [3.8, 4) is 11.4 Å². The second-order valence-corrected chi connectivity index (χ2v) is 3.88. The zero-order chi connectivity index (χ0) is 8.67. The van der Waals surface area contributed by atoms with Crippen LogP contribution in [0.15, 0.2) is 35.5 Å². The van der Waals surface area contributed by atoms with Crippen molar-refractivity contribution in [3.05, 3.63) is 30.6 Å². The Bertz CT molecular complexity index is 450. The third-order valence-corrected chi connectivity index (χ3v) is 3.18. The summed E-state index contributed by atoms with van der Waals surface area (Å²) in [5.74, 6) is 1.90. The van der Waals surface area contributed by atoms with Crippen molar-refractivity contribution < 1.29 is 0 Å². The van der Waals surface area contributed by atoms with Crippen LogP contribution in [0.1, 0.15) is 0 Å². The summed E-state index contributed by atoms with van der Waals surface area (Å²) >= 11 is 1.82. The van der Waals surface area contributed by atoms with Crippen LogP contribution < -0.4 is 0 Å². The molecule has 0 atom stereocenters. The van der Waals surface area contributed by atoms with Gasteiger partial charge in [-0.05, 0) is 6.07 Å². The molecule has 0 N–H and O–H groups in total. The number of hydrogen-bond acceptors (Lipinski definition) is 3. The maximum Gasteiger partial charge on any atom is 0.165 e. The van der Waals surface area contributed by atoms with Gasteiger partial charge in [0, 0.05) is 10.5 Å². The van der Waals surface area contributed by atoms with Crippen molar-refractivity contribution in [2.24, 2.45) is 0 Å². The van der Waals surface area contributed by atoms with Gasteiger partial charge in [-0.1, -0.05) is 18.2 Å². The van der Waals surface area contributed by atoms with Crippen LogP contribution in [0, 0.1) is 0 Å². The molecule has 3 nitrogen and oxygen atoms in total. The molecule has 1 aromatic heterocycles. The van der Waals surface area contributed by atoms with E-state index in [-0.39, 0.29) is 0 Å². The van der Waals surface area contributed by atoms with E-state index >= 15 is 0 Å². The maximum atomic E-state index is 4.10. The molecule has 64 valence electrons. The fourth-order valence-electron chi connectivity index (χ4n) is 1.47. The van der Waals surface area contributed by atoms with Gasteiger partial charge in [-0.25, -0.2) is 0 Å². The molecule has 0 unspecified atom stereocenters. The average Bonchev–Trinajstić information content (AvgIpc) is 2.65. The summed E-state index contributed by atoms with van der Waals surface area (Å²) in [6, 6.07) is 8.29. The zero-order valence-corrected chi connectivity index (χ0v) is 7.66. The van der Waals surface area contributed by atoms with Crippen LogP contribution in [0.4, 0.5) is 0 Å². The van der Waals surface area contributed by atoms with E-state index < -0.39 is 0 Å². The number of hydrogen-bond donors (Lipinski definition) is 0. The van der Waals surface area contributed by atoms with E-state index in [0.29, 0.717) is 0 Å². The van der Waals surface area contributed by atoms with Gasteiger partial charge in [0.25, 0.3) is 0 Å². The van der Waals surface area contributed by atoms with Gasteiger partial charge in [0.15, 0.2) is 5.82 Å². The fourth-order valence-corrected chi connectivity index (χ4v) is 2.43. The van der Waals surface area contributed by atoms with Crippen LogP contribution in [0.25, 0.3) is 11.4 Å². The first kappa shape index (κ1) is 7.15. The Morgan fingerprint density at radius 3 is 3.23 bits per heavy atom. The lowest BCUT2D eigenvalue weighted by Gasteiger charge is -2.15. The van der Waals surface area contributed by atoms with Gasteiger partial charge < -0.3 is 4.57 Å². The monoisotopic (exact) mass is 189 g/mol. The van der Waals surface area contributed by atoms with E-state index in [2.05, 4.69) is 33.0 Å². The van der Waals surface area contributed by atoms with Crippen LogP contribution >= 0.6 is 11.8 Å². The van der Waals surface area contributed by atoms with E-state index in [9.17, 15) is 0 Å². The Morgan fingerprint density at radius 1 is 1.31 bits per heavy atom. The van der Waals surface area contributed by atoms with E-state index in [1.165, 1.54) is 10.5 Å². The van der Waals surface area contributed by atoms with Crippen molar-refractivity contribution in [1.82, 2.24) is 14.8 Å². The molecule has 0 radical (unpaired) electrons. The van der Waals surface area contributed by atoms with Gasteiger partial charge in [0.1, 0.15) is 6.33 Å². The minimum Gasteiger partial charge on any atom is -0.303 e. The van der Waals surface area contributed by atoms with Crippen LogP contribution in [0.2, 0.25) is 0 Å². The molecular weight excluding hydrogens is 182 g/mol. The standard InChI is InChI=1S/C9H7N3S/c1-2-4-8-7(3-1)9-11-10-5-12(9)6-13-8/h1-5H,6H2. The summed E-state index contributed by atoms with van der Waals surface area (Å²) in [7, 11) is 0. The van der Waals surface area contributed by atoms with E-state index in [4.69, 9.17) is 0 Å². The number of aromatic nitrogens is 3. The number of fused-ring (bicyclic) bond motifs is 3. The first-order valence-corrected chi connectivity index (χ1v) is 5.04. The van der Waals surface area contributed by atoms with E-state index in [0.717, 1.165) is 11.7 Å². The highest BCUT2D eigenvalue weighted by Crippen LogP contribution is 2.35. The molecule has 0 fully saturated rings. The van der Waals surface area contributed by atoms with Crippen molar-refractivity contribution in [2.75, 3.05) is 0 Å². The van der Waals surface area contributed by atoms with Crippen LogP contribution in [0.5, 0.6) is 0 Å². The molecular formula is C9H7N3S. The SMILES string of the molecule is c1ccc2c(c1)SCn1cnnc1-2. The van der Waals surface area contributed by atoms with Crippen LogP contribution in [-0.2, 0) is 5.88 Å². The van der Waals surface area contributed by atoms with Crippen molar-refractivity contribution in [1.29, 1.82) is 0 Å². The highest BCUT2D eigenvalue weighted by Gasteiger charge is 2.16. The zero-order valence-electron chi connectivity index (χ0n) is 6.84. The minimum absolute atomic E-state index is 0.916. The Morgan fingerprint density at radius 2 is 2.23 bits per heavy atom. The lowest BCUT2D eigenvalue weighted by atomic mass is 10.2. The van der Waals surface area contributed by atoms with Gasteiger partial charge in [-0.3, -0.25) is 0 Å². The number of rotatable bonds is 0. The van der Waals surface area contributed by atoms with Crippen molar-refractivity contribution in [2.45, 2.75) is 10.8 Å². The Balaban J connectivity index is 2.30. The summed E-state index contributed by atoms with van der Waals surface area (Å²) in [6.07, 6.45) is 1.78. The Labute approximate surface area is 79.8 Å². The molecule has 0 aliphatic carbocycles. The molecule has 0 saturated carbocycles. The summed E-state index contributed by atoms with van der Waals surface area (Å²) in [5.41, 5.74) is 1.19. The predicted molar refractivity (Wildman–Crippen MR) is 51.3 cm³/mol. The van der Waals surface area contributed by atoms with Gasteiger partial charge in [-0.15, -0.1) is 22.0 Å². The molecule has 1 aromatic carbocycles. The largest absolute Gasteiger partial charge is 0.303 e. The normalized spacial score (nSPS) is 13.5. The first-order valence-electron chi connectivity index (χ1n) is 4.05. The van der Waals surface area contributed by atoms with E-state index in [1.54, 1.807) is 6.33 Å². The molecule has 1 aliphatic heterocycles. The number of benzene rings is 1. The molecule has 0 bridgehead atoms. The quantitative estimate of drug-likeness (QED) is 0.635. The number of thioether (sulfide) groups is 1. The molecule has 1 aliphatic rings. The maximum absolute atomic E-state index is 4.10. The Hall–Kier alpha value is -1.29. The van der Waals surface area contributed by atoms with Gasteiger partial charge in [0.05, 0.1) is 5.88 Å². The number of nitrogens with zero attached hydrogens (tertiary/aromatic N) is 3. The summed E-state index contributed by atoms with van der Waals surface area (Å²) in [4.78, 5) is 1.29. The van der Waals surface area contributed by atoms with Gasteiger partial charge in [-0.2, -0.15) is 0 Å². The van der Waals surface area contributed by atoms with Crippen molar-refractivity contribution >= 4 is 11.8 Å². The smallest absolute Gasteiger partial charge is 0.165 e. The molecule has 0 saturated heterocycles. The second-order valence-electron chi connectivity index (χ2n) is 2.89. The van der Waals surface area contributed by atoms with Crippen LogP contribution in [0.3, 0.4) is 0 Å². The summed E-state index contributed by atoms with van der Waals surface area (Å²) in [6.45, 7) is 0. The first-order chi connectivity index (χ1) is 6.45. The highest BCUT2D eigenvalue weighted by atomic mass is 32.2. The molecule has 0 amide bonds. The van der Waals surface area contributed by atoms with E-state index in [1.807, 2.05) is 17.8 Å². The van der Waals surface area contributed by atoms with Gasteiger partial charge in [0.2, 0.25) is 0 Å². The third kappa shape index (κ3) is 0.986. The minimum atomic E-state index is 0.916. The molecule has 2 heterocycles. The topological polar surface area (TPSA) is 30.7 Å². The molecule has 4 heteroatoms. The molecule has 3 rings (SSSR count). The summed E-state index contributed by atoms with van der Waals surface area (Å²) < 4.78 is 2.06.